The zero-order chi connectivity index (χ0) is 15.9. The van der Waals surface area contributed by atoms with Gasteiger partial charge < -0.3 is 14.9 Å². The Morgan fingerprint density at radius 1 is 1.00 bits per heavy atom. The summed E-state index contributed by atoms with van der Waals surface area (Å²) in [6.45, 7) is 6.00. The maximum Gasteiger partial charge on any atom is 0.124 e. The minimum atomic E-state index is -0.349. The number of aliphatic imine (C=N–C) groups is 1. The van der Waals surface area contributed by atoms with Gasteiger partial charge in [0.15, 0.2) is 0 Å². The predicted octanol–water partition coefficient (Wildman–Crippen LogP) is 3.36. The van der Waals surface area contributed by atoms with Crippen molar-refractivity contribution in [3.05, 3.63) is 12.3 Å². The third-order valence-corrected chi connectivity index (χ3v) is 4.83. The highest BCUT2D eigenvalue weighted by Gasteiger charge is 2.25. The number of hydrogen-bond acceptors (Lipinski definition) is 4. The number of rotatable bonds is 6. The normalized spacial score (nSPS) is 33.5. The lowest BCUT2D eigenvalue weighted by Gasteiger charge is -2.29. The van der Waals surface area contributed by atoms with Gasteiger partial charge in [-0.15, -0.1) is 0 Å². The maximum atomic E-state index is 9.96. The molecule has 2 fully saturated rings. The van der Waals surface area contributed by atoms with Crippen LogP contribution in [0.2, 0.25) is 0 Å². The van der Waals surface area contributed by atoms with Crippen LogP contribution >= 0.6 is 0 Å². The molecule has 0 radical (unpaired) electrons. The Morgan fingerprint density at radius 3 is 2.32 bits per heavy atom. The molecule has 2 rings (SSSR count). The SMILES string of the molecule is C=C(CCC(C)=NC1CCCCC1O)OC1CCCCC1O. The van der Waals surface area contributed by atoms with E-state index in [0.29, 0.717) is 0 Å². The molecule has 22 heavy (non-hydrogen) atoms. The second-order valence-electron chi connectivity index (χ2n) is 6.83. The van der Waals surface area contributed by atoms with Crippen molar-refractivity contribution in [1.29, 1.82) is 0 Å². The maximum absolute atomic E-state index is 9.96. The Labute approximate surface area is 134 Å². The van der Waals surface area contributed by atoms with Crippen molar-refractivity contribution in [3.8, 4) is 0 Å². The molecule has 4 heteroatoms. The lowest BCUT2D eigenvalue weighted by Crippen LogP contribution is -2.32. The fourth-order valence-electron chi connectivity index (χ4n) is 3.40. The zero-order valence-electron chi connectivity index (χ0n) is 13.8. The van der Waals surface area contributed by atoms with Crippen molar-refractivity contribution in [2.45, 2.75) is 95.5 Å². The summed E-state index contributed by atoms with van der Waals surface area (Å²) in [4.78, 5) is 4.67. The lowest BCUT2D eigenvalue weighted by atomic mass is 9.93. The van der Waals surface area contributed by atoms with Crippen LogP contribution in [0.15, 0.2) is 17.3 Å². The van der Waals surface area contributed by atoms with Crippen molar-refractivity contribution in [1.82, 2.24) is 0 Å². The third-order valence-electron chi connectivity index (χ3n) is 4.83. The first-order valence-corrected chi connectivity index (χ1v) is 8.80. The fraction of sp³-hybridized carbons (Fsp3) is 0.833. The van der Waals surface area contributed by atoms with Crippen LogP contribution < -0.4 is 0 Å². The Bertz CT molecular complexity index is 394. The van der Waals surface area contributed by atoms with E-state index < -0.39 is 0 Å². The highest BCUT2D eigenvalue weighted by atomic mass is 16.5. The van der Waals surface area contributed by atoms with Crippen molar-refractivity contribution >= 4 is 5.71 Å². The molecule has 0 aromatic carbocycles. The van der Waals surface area contributed by atoms with Crippen LogP contribution in [0.1, 0.15) is 71.1 Å². The molecule has 0 amide bonds. The Balaban J connectivity index is 1.72. The summed E-state index contributed by atoms with van der Waals surface area (Å²) in [5.74, 6) is 0.740. The highest BCUT2D eigenvalue weighted by Crippen LogP contribution is 2.24. The van der Waals surface area contributed by atoms with Crippen LogP contribution in [-0.4, -0.2) is 40.3 Å². The van der Waals surface area contributed by atoms with E-state index in [2.05, 4.69) is 11.6 Å². The van der Waals surface area contributed by atoms with Crippen molar-refractivity contribution in [3.63, 3.8) is 0 Å². The van der Waals surface area contributed by atoms with E-state index >= 15 is 0 Å². The average Bonchev–Trinajstić information content (AvgIpc) is 2.50. The molecule has 4 atom stereocenters. The van der Waals surface area contributed by atoms with Gasteiger partial charge >= 0.3 is 0 Å². The van der Waals surface area contributed by atoms with Gasteiger partial charge in [-0.05, 0) is 45.4 Å². The largest absolute Gasteiger partial charge is 0.493 e. The van der Waals surface area contributed by atoms with Gasteiger partial charge in [0.05, 0.1) is 24.0 Å². The number of aliphatic hydroxyl groups is 2. The molecule has 0 aromatic heterocycles. The van der Waals surface area contributed by atoms with Crippen molar-refractivity contribution in [2.75, 3.05) is 0 Å². The number of hydrogen-bond donors (Lipinski definition) is 2. The van der Waals surface area contributed by atoms with E-state index in [1.807, 2.05) is 6.92 Å². The second-order valence-corrected chi connectivity index (χ2v) is 6.83. The molecular formula is C18H31NO3. The van der Waals surface area contributed by atoms with Crippen LogP contribution in [0.4, 0.5) is 0 Å². The van der Waals surface area contributed by atoms with Gasteiger partial charge in [0.1, 0.15) is 6.10 Å². The first-order valence-electron chi connectivity index (χ1n) is 8.80. The van der Waals surface area contributed by atoms with E-state index in [1.54, 1.807) is 0 Å². The van der Waals surface area contributed by atoms with Gasteiger partial charge in [-0.1, -0.05) is 25.8 Å². The molecular weight excluding hydrogens is 278 g/mol. The van der Waals surface area contributed by atoms with Crippen LogP contribution in [0.5, 0.6) is 0 Å². The quantitative estimate of drug-likeness (QED) is 0.584. The first kappa shape index (κ1) is 17.5. The van der Waals surface area contributed by atoms with Gasteiger partial charge in [0.25, 0.3) is 0 Å². The molecule has 2 aliphatic rings. The van der Waals surface area contributed by atoms with Gasteiger partial charge in [-0.3, -0.25) is 4.99 Å². The summed E-state index contributed by atoms with van der Waals surface area (Å²) < 4.78 is 5.82. The number of ether oxygens (including phenoxy) is 1. The molecule has 2 aliphatic carbocycles. The number of aliphatic hydroxyl groups excluding tert-OH is 2. The lowest BCUT2D eigenvalue weighted by molar-refractivity contribution is -0.0307. The van der Waals surface area contributed by atoms with Crippen LogP contribution in [0.3, 0.4) is 0 Å². The fourth-order valence-corrected chi connectivity index (χ4v) is 3.40. The molecule has 2 N–H and O–H groups in total. The van der Waals surface area contributed by atoms with E-state index in [0.717, 1.165) is 75.7 Å². The summed E-state index contributed by atoms with van der Waals surface area (Å²) in [7, 11) is 0. The monoisotopic (exact) mass is 309 g/mol. The summed E-state index contributed by atoms with van der Waals surface area (Å²) in [6.07, 6.45) is 8.93. The average molecular weight is 309 g/mol. The molecule has 0 bridgehead atoms. The molecule has 4 nitrogen and oxygen atoms in total. The second kappa shape index (κ2) is 8.68. The molecule has 0 saturated heterocycles. The van der Waals surface area contributed by atoms with Gasteiger partial charge in [-0.25, -0.2) is 0 Å². The zero-order valence-corrected chi connectivity index (χ0v) is 13.8. The molecule has 2 saturated carbocycles. The van der Waals surface area contributed by atoms with Crippen molar-refractivity contribution < 1.29 is 14.9 Å². The predicted molar refractivity (Wildman–Crippen MR) is 89.1 cm³/mol. The van der Waals surface area contributed by atoms with Crippen molar-refractivity contribution in [2.24, 2.45) is 4.99 Å². The molecule has 4 unspecified atom stereocenters. The smallest absolute Gasteiger partial charge is 0.124 e. The van der Waals surface area contributed by atoms with Gasteiger partial charge in [0, 0.05) is 12.1 Å². The molecule has 0 aromatic rings. The summed E-state index contributed by atoms with van der Waals surface area (Å²) >= 11 is 0. The number of allylic oxidation sites excluding steroid dienone is 1. The van der Waals surface area contributed by atoms with Gasteiger partial charge in [0.2, 0.25) is 0 Å². The third kappa shape index (κ3) is 5.40. The summed E-state index contributed by atoms with van der Waals surface area (Å²) in [5.41, 5.74) is 1.06. The van der Waals surface area contributed by atoms with Crippen LogP contribution in [-0.2, 0) is 4.74 Å². The Morgan fingerprint density at radius 2 is 1.64 bits per heavy atom. The number of nitrogens with zero attached hydrogens (tertiary/aromatic N) is 1. The molecule has 0 aliphatic heterocycles. The molecule has 0 heterocycles. The minimum Gasteiger partial charge on any atom is -0.493 e. The standard InChI is InChI=1S/C18H31NO3/c1-13(19-15-7-3-4-8-16(15)20)11-12-14(2)22-18-10-6-5-9-17(18)21/h15-18,20-21H,2-12H2,1H3. The van der Waals surface area contributed by atoms with Gasteiger partial charge in [-0.2, -0.15) is 0 Å². The summed E-state index contributed by atoms with van der Waals surface area (Å²) in [6, 6.07) is 0.0723. The highest BCUT2D eigenvalue weighted by molar-refractivity contribution is 5.82. The molecule has 0 spiro atoms. The van der Waals surface area contributed by atoms with E-state index in [4.69, 9.17) is 4.74 Å². The van der Waals surface area contributed by atoms with Crippen LogP contribution in [0.25, 0.3) is 0 Å². The molecule has 126 valence electrons. The topological polar surface area (TPSA) is 62.1 Å². The van der Waals surface area contributed by atoms with E-state index in [9.17, 15) is 10.2 Å². The first-order chi connectivity index (χ1) is 10.6. The summed E-state index contributed by atoms with van der Waals surface area (Å²) in [5, 5.41) is 19.9. The Hall–Kier alpha value is -0.870. The van der Waals surface area contributed by atoms with E-state index in [1.165, 1.54) is 0 Å². The van der Waals surface area contributed by atoms with Crippen LogP contribution in [0, 0.1) is 0 Å². The van der Waals surface area contributed by atoms with E-state index in [-0.39, 0.29) is 24.4 Å². The Kier molecular flexibility index (Phi) is 6.90. The minimum absolute atomic E-state index is 0.0723.